The molecule has 0 radical (unpaired) electrons. The normalized spacial score (nSPS) is 26.4. The van der Waals surface area contributed by atoms with Crippen molar-refractivity contribution in [1.29, 1.82) is 0 Å². The van der Waals surface area contributed by atoms with Crippen molar-refractivity contribution < 1.29 is 9.90 Å². The fourth-order valence-corrected chi connectivity index (χ4v) is 5.22. The number of imidazole rings is 1. The Balaban J connectivity index is 1.23. The minimum Gasteiger partial charge on any atom is -0.391 e. The van der Waals surface area contributed by atoms with Crippen LogP contribution in [0.4, 0.5) is 0 Å². The van der Waals surface area contributed by atoms with Crippen molar-refractivity contribution in [2.24, 2.45) is 11.8 Å². The molecule has 0 spiro atoms. The number of amides is 1. The Morgan fingerprint density at radius 2 is 1.93 bits per heavy atom. The number of likely N-dealkylation sites (tertiary alicyclic amines) is 1. The highest BCUT2D eigenvalue weighted by Gasteiger charge is 2.44. The Kier molecular flexibility index (Phi) is 3.89. The third kappa shape index (κ3) is 2.71. The first-order valence-corrected chi connectivity index (χ1v) is 10.4. The number of rotatable bonds is 2. The molecule has 6 rings (SSSR count). The molecule has 1 amide bonds. The van der Waals surface area contributed by atoms with E-state index in [1.165, 1.54) is 0 Å². The Hall–Kier alpha value is -3.26. The van der Waals surface area contributed by atoms with Gasteiger partial charge in [-0.2, -0.15) is 5.10 Å². The number of para-hydroxylation sites is 2. The smallest absolute Gasteiger partial charge is 0.272 e. The van der Waals surface area contributed by atoms with Crippen LogP contribution in [0, 0.1) is 11.8 Å². The minimum absolute atomic E-state index is 0.0202. The highest BCUT2D eigenvalue weighted by molar-refractivity contribution is 5.94. The quantitative estimate of drug-likeness (QED) is 0.536. The molecule has 1 saturated carbocycles. The number of nitrogens with one attached hydrogen (secondary N) is 1. The molecule has 1 aliphatic heterocycles. The van der Waals surface area contributed by atoms with Gasteiger partial charge in [0.2, 0.25) is 0 Å². The Morgan fingerprint density at radius 1 is 1.10 bits per heavy atom. The summed E-state index contributed by atoms with van der Waals surface area (Å²) in [6, 6.07) is 11.6. The van der Waals surface area contributed by atoms with Crippen LogP contribution in [0.1, 0.15) is 29.4 Å². The van der Waals surface area contributed by atoms with E-state index in [1.807, 2.05) is 41.6 Å². The zero-order valence-electron chi connectivity index (χ0n) is 16.3. The molecule has 0 bridgehead atoms. The molecular weight excluding hydrogens is 380 g/mol. The van der Waals surface area contributed by atoms with Crippen LogP contribution >= 0.6 is 0 Å². The highest BCUT2D eigenvalue weighted by atomic mass is 16.3. The third-order valence-electron chi connectivity index (χ3n) is 6.75. The van der Waals surface area contributed by atoms with Gasteiger partial charge in [0.05, 0.1) is 35.7 Å². The van der Waals surface area contributed by atoms with E-state index in [1.54, 1.807) is 12.3 Å². The summed E-state index contributed by atoms with van der Waals surface area (Å²) < 4.78 is 2.11. The van der Waals surface area contributed by atoms with Crippen LogP contribution in [-0.2, 0) is 0 Å². The molecule has 1 aliphatic carbocycles. The van der Waals surface area contributed by atoms with Gasteiger partial charge in [0.25, 0.3) is 5.91 Å². The number of aromatic nitrogens is 5. The number of fused-ring (bicyclic) bond motifs is 3. The van der Waals surface area contributed by atoms with Gasteiger partial charge in [-0.25, -0.2) is 9.97 Å². The topological polar surface area (TPSA) is 99.9 Å². The van der Waals surface area contributed by atoms with E-state index >= 15 is 0 Å². The van der Waals surface area contributed by atoms with Crippen LogP contribution in [0.15, 0.2) is 48.9 Å². The lowest BCUT2D eigenvalue weighted by atomic mass is 9.77. The monoisotopic (exact) mass is 402 g/mol. The van der Waals surface area contributed by atoms with Gasteiger partial charge in [0, 0.05) is 18.5 Å². The van der Waals surface area contributed by atoms with Crippen LogP contribution in [0.25, 0.3) is 22.1 Å². The predicted molar refractivity (Wildman–Crippen MR) is 111 cm³/mol. The van der Waals surface area contributed by atoms with Gasteiger partial charge in [-0.1, -0.05) is 12.1 Å². The average molecular weight is 402 g/mol. The van der Waals surface area contributed by atoms with Crippen LogP contribution in [0.5, 0.6) is 0 Å². The van der Waals surface area contributed by atoms with E-state index in [0.717, 1.165) is 22.8 Å². The summed E-state index contributed by atoms with van der Waals surface area (Å²) in [4.78, 5) is 23.9. The zero-order chi connectivity index (χ0) is 20.2. The number of carbonyl (C=O) groups is 1. The van der Waals surface area contributed by atoms with Crippen molar-refractivity contribution >= 4 is 28.0 Å². The van der Waals surface area contributed by atoms with Crippen molar-refractivity contribution in [2.45, 2.75) is 25.0 Å². The Morgan fingerprint density at radius 3 is 2.83 bits per heavy atom. The summed E-state index contributed by atoms with van der Waals surface area (Å²) in [5, 5.41) is 18.6. The predicted octanol–water partition coefficient (Wildman–Crippen LogP) is 2.39. The summed E-state index contributed by atoms with van der Waals surface area (Å²) in [7, 11) is 0. The number of aliphatic hydroxyl groups excluding tert-OH is 1. The number of hydrogen-bond donors (Lipinski definition) is 2. The van der Waals surface area contributed by atoms with E-state index in [4.69, 9.17) is 0 Å². The van der Waals surface area contributed by atoms with Gasteiger partial charge in [0.15, 0.2) is 5.65 Å². The molecule has 8 nitrogen and oxygen atoms in total. The lowest BCUT2D eigenvalue weighted by molar-refractivity contribution is 0.0374. The molecule has 1 saturated heterocycles. The van der Waals surface area contributed by atoms with Gasteiger partial charge < -0.3 is 14.6 Å². The molecule has 0 unspecified atom stereocenters. The van der Waals surface area contributed by atoms with Gasteiger partial charge in [-0.3, -0.25) is 9.89 Å². The second-order valence-electron chi connectivity index (χ2n) is 8.48. The second-order valence-corrected chi connectivity index (χ2v) is 8.48. The summed E-state index contributed by atoms with van der Waals surface area (Å²) in [5.74, 6) is 0.616. The van der Waals surface area contributed by atoms with Crippen LogP contribution in [0.2, 0.25) is 0 Å². The van der Waals surface area contributed by atoms with Crippen LogP contribution in [0.3, 0.4) is 0 Å². The highest BCUT2D eigenvalue weighted by Crippen LogP contribution is 2.42. The maximum atomic E-state index is 13.1. The molecule has 4 heterocycles. The van der Waals surface area contributed by atoms with E-state index < -0.39 is 6.10 Å². The first kappa shape index (κ1) is 17.6. The second kappa shape index (κ2) is 6.63. The molecular formula is C22H22N6O2. The van der Waals surface area contributed by atoms with Crippen LogP contribution < -0.4 is 0 Å². The van der Waals surface area contributed by atoms with Gasteiger partial charge in [-0.05, 0) is 48.9 Å². The fourth-order valence-electron chi connectivity index (χ4n) is 5.22. The molecule has 152 valence electrons. The van der Waals surface area contributed by atoms with Crippen molar-refractivity contribution in [3.8, 4) is 0 Å². The number of pyridine rings is 1. The molecule has 4 aromatic rings. The number of benzene rings is 1. The van der Waals surface area contributed by atoms with Gasteiger partial charge in [0.1, 0.15) is 5.69 Å². The average Bonchev–Trinajstić information content (AvgIpc) is 3.49. The Bertz CT molecular complexity index is 1250. The summed E-state index contributed by atoms with van der Waals surface area (Å²) in [5.41, 5.74) is 3.04. The SMILES string of the molecule is O=C(c1ccc2cn[nH]c2n1)N1C[C@H]2C[C@@H](n3cnc4ccccc43)[C@H](O)C[C@H]2C1. The zero-order valence-corrected chi connectivity index (χ0v) is 16.3. The van der Waals surface area contributed by atoms with Gasteiger partial charge >= 0.3 is 0 Å². The van der Waals surface area contributed by atoms with Crippen molar-refractivity contribution in [3.63, 3.8) is 0 Å². The summed E-state index contributed by atoms with van der Waals surface area (Å²) in [6.45, 7) is 1.36. The minimum atomic E-state index is -0.446. The lowest BCUT2D eigenvalue weighted by Gasteiger charge is -2.36. The van der Waals surface area contributed by atoms with Crippen molar-refractivity contribution in [2.75, 3.05) is 13.1 Å². The maximum absolute atomic E-state index is 13.1. The van der Waals surface area contributed by atoms with E-state index in [9.17, 15) is 9.90 Å². The van der Waals surface area contributed by atoms with Crippen molar-refractivity contribution in [1.82, 2.24) is 29.6 Å². The first-order valence-electron chi connectivity index (χ1n) is 10.4. The largest absolute Gasteiger partial charge is 0.391 e. The molecule has 8 heteroatoms. The number of aromatic amines is 1. The number of aliphatic hydroxyl groups is 1. The fraction of sp³-hybridized carbons (Fsp3) is 0.364. The summed E-state index contributed by atoms with van der Waals surface area (Å²) >= 11 is 0. The number of nitrogens with zero attached hydrogens (tertiary/aromatic N) is 5. The number of H-pyrrole nitrogens is 1. The van der Waals surface area contributed by atoms with E-state index in [-0.39, 0.29) is 11.9 Å². The van der Waals surface area contributed by atoms with E-state index in [2.05, 4.69) is 24.7 Å². The van der Waals surface area contributed by atoms with Crippen molar-refractivity contribution in [3.05, 3.63) is 54.6 Å². The number of carbonyl (C=O) groups excluding carboxylic acids is 1. The van der Waals surface area contributed by atoms with Crippen LogP contribution in [-0.4, -0.2) is 59.8 Å². The van der Waals surface area contributed by atoms with Gasteiger partial charge in [-0.15, -0.1) is 0 Å². The molecule has 4 atom stereocenters. The molecule has 3 aromatic heterocycles. The lowest BCUT2D eigenvalue weighted by Crippen LogP contribution is -2.36. The molecule has 2 N–H and O–H groups in total. The summed E-state index contributed by atoms with van der Waals surface area (Å²) in [6.07, 6.45) is 4.61. The molecule has 2 fully saturated rings. The molecule has 30 heavy (non-hydrogen) atoms. The van der Waals surface area contributed by atoms with E-state index in [0.29, 0.717) is 42.7 Å². The first-order chi connectivity index (χ1) is 14.7. The Labute approximate surface area is 172 Å². The molecule has 2 aliphatic rings. The maximum Gasteiger partial charge on any atom is 0.272 e. The standard InChI is InChI=1S/C22H22N6O2/c29-20-8-15-11-27(22(30)17-6-5-13-9-24-26-21(13)25-17)10-14(15)7-19(20)28-12-23-16-3-1-2-4-18(16)28/h1-6,9,12,14-15,19-20,29H,7-8,10-11H2,(H,24,25,26)/t14-,15+,19-,20-/m1/s1. The molecule has 1 aromatic carbocycles. The number of hydrogen-bond acceptors (Lipinski definition) is 5. The third-order valence-corrected chi connectivity index (χ3v) is 6.75.